The molecule has 0 atom stereocenters. The number of benzene rings is 2. The summed E-state index contributed by atoms with van der Waals surface area (Å²) in [5.74, 6) is 1.10. The van der Waals surface area contributed by atoms with Crippen molar-refractivity contribution in [3.8, 4) is 0 Å². The molecule has 7 heteroatoms. The summed E-state index contributed by atoms with van der Waals surface area (Å²) in [6.07, 6.45) is 1.40. The SMILES string of the molecule is Cc1cc(C)c2sc(N(CCN(C)C)C(=O)CCCSc3ccccc3)nc2c1.Cl. The highest BCUT2D eigenvalue weighted by atomic mass is 35.5. The van der Waals surface area contributed by atoms with Crippen molar-refractivity contribution in [1.82, 2.24) is 9.88 Å². The quantitative estimate of drug-likeness (QED) is 0.296. The Bertz CT molecular complexity index is 960. The van der Waals surface area contributed by atoms with E-state index in [2.05, 4.69) is 43.0 Å². The van der Waals surface area contributed by atoms with Crippen LogP contribution >= 0.6 is 35.5 Å². The van der Waals surface area contributed by atoms with Crippen LogP contribution in [-0.2, 0) is 4.79 Å². The van der Waals surface area contributed by atoms with E-state index in [9.17, 15) is 4.79 Å². The zero-order valence-electron chi connectivity index (χ0n) is 18.1. The fourth-order valence-corrected chi connectivity index (χ4v) is 5.11. The zero-order valence-corrected chi connectivity index (χ0v) is 20.5. The highest BCUT2D eigenvalue weighted by molar-refractivity contribution is 7.99. The molecule has 0 radical (unpaired) electrons. The zero-order chi connectivity index (χ0) is 20.8. The topological polar surface area (TPSA) is 36.4 Å². The molecule has 1 heterocycles. The van der Waals surface area contributed by atoms with Crippen molar-refractivity contribution in [2.24, 2.45) is 0 Å². The minimum Gasteiger partial charge on any atom is -0.308 e. The van der Waals surface area contributed by atoms with Crippen LogP contribution in [0.25, 0.3) is 10.2 Å². The molecule has 0 N–H and O–H groups in total. The fraction of sp³-hybridized carbons (Fsp3) is 0.391. The van der Waals surface area contributed by atoms with Crippen LogP contribution in [0.15, 0.2) is 47.4 Å². The summed E-state index contributed by atoms with van der Waals surface area (Å²) < 4.78 is 1.17. The Balaban J connectivity index is 0.00000320. The molecule has 2 aromatic carbocycles. The van der Waals surface area contributed by atoms with Crippen molar-refractivity contribution in [2.75, 3.05) is 37.8 Å². The summed E-state index contributed by atoms with van der Waals surface area (Å²) in [6, 6.07) is 14.6. The molecule has 0 aliphatic rings. The Labute approximate surface area is 194 Å². The van der Waals surface area contributed by atoms with Crippen molar-refractivity contribution in [3.05, 3.63) is 53.6 Å². The summed E-state index contributed by atoms with van der Waals surface area (Å²) in [7, 11) is 4.07. The molecule has 0 unspecified atom stereocenters. The highest BCUT2D eigenvalue weighted by Crippen LogP contribution is 2.32. The molecule has 162 valence electrons. The van der Waals surface area contributed by atoms with Crippen LogP contribution in [0, 0.1) is 13.8 Å². The second-order valence-electron chi connectivity index (χ2n) is 7.54. The Morgan fingerprint density at radius 1 is 1.10 bits per heavy atom. The number of rotatable bonds is 9. The number of aryl methyl sites for hydroxylation is 2. The van der Waals surface area contributed by atoms with E-state index in [-0.39, 0.29) is 18.3 Å². The number of carbonyl (C=O) groups excluding carboxylic acids is 1. The lowest BCUT2D eigenvalue weighted by Crippen LogP contribution is -2.36. The van der Waals surface area contributed by atoms with Gasteiger partial charge < -0.3 is 4.90 Å². The van der Waals surface area contributed by atoms with Crippen molar-refractivity contribution in [3.63, 3.8) is 0 Å². The Morgan fingerprint density at radius 2 is 1.83 bits per heavy atom. The lowest BCUT2D eigenvalue weighted by molar-refractivity contribution is -0.118. The minimum atomic E-state index is 0. The van der Waals surface area contributed by atoms with Gasteiger partial charge in [-0.2, -0.15) is 0 Å². The molecule has 0 fully saturated rings. The third-order valence-corrected chi connectivity index (χ3v) is 6.99. The average Bonchev–Trinajstić information content (AvgIpc) is 3.10. The molecule has 30 heavy (non-hydrogen) atoms. The molecule has 1 amide bonds. The van der Waals surface area contributed by atoms with Gasteiger partial charge in [-0.25, -0.2) is 4.98 Å². The largest absolute Gasteiger partial charge is 0.308 e. The van der Waals surface area contributed by atoms with E-state index in [1.807, 2.05) is 37.2 Å². The lowest BCUT2D eigenvalue weighted by atomic mass is 10.1. The van der Waals surface area contributed by atoms with Crippen LogP contribution in [0.1, 0.15) is 24.0 Å². The second-order valence-corrected chi connectivity index (χ2v) is 9.69. The van der Waals surface area contributed by atoms with Crippen LogP contribution in [0.3, 0.4) is 0 Å². The van der Waals surface area contributed by atoms with Gasteiger partial charge in [0.25, 0.3) is 0 Å². The van der Waals surface area contributed by atoms with Gasteiger partial charge in [0, 0.05) is 24.4 Å². The molecule has 0 bridgehead atoms. The number of nitrogens with zero attached hydrogens (tertiary/aromatic N) is 3. The van der Waals surface area contributed by atoms with Gasteiger partial charge in [0.15, 0.2) is 5.13 Å². The lowest BCUT2D eigenvalue weighted by Gasteiger charge is -2.22. The molecule has 1 aromatic heterocycles. The molecular weight excluding hydrogens is 434 g/mol. The summed E-state index contributed by atoms with van der Waals surface area (Å²) in [4.78, 5) is 23.1. The van der Waals surface area contributed by atoms with Gasteiger partial charge in [-0.05, 0) is 69.4 Å². The van der Waals surface area contributed by atoms with Gasteiger partial charge in [-0.1, -0.05) is 35.6 Å². The predicted octanol–water partition coefficient (Wildman–Crippen LogP) is 5.80. The smallest absolute Gasteiger partial charge is 0.228 e. The van der Waals surface area contributed by atoms with Crippen LogP contribution in [-0.4, -0.2) is 48.7 Å². The number of thiazole rings is 1. The van der Waals surface area contributed by atoms with Crippen LogP contribution in [0.5, 0.6) is 0 Å². The predicted molar refractivity (Wildman–Crippen MR) is 134 cm³/mol. The molecule has 3 rings (SSSR count). The summed E-state index contributed by atoms with van der Waals surface area (Å²) >= 11 is 3.43. The average molecular weight is 464 g/mol. The summed E-state index contributed by atoms with van der Waals surface area (Å²) in [5.41, 5.74) is 3.42. The van der Waals surface area contributed by atoms with E-state index >= 15 is 0 Å². The standard InChI is InChI=1S/C23H29N3OS2.ClH/c1-17-15-18(2)22-20(16-17)24-23(29-22)26(13-12-25(3)4)21(27)11-8-14-28-19-9-6-5-7-10-19;/h5-7,9-10,15-16H,8,11-14H2,1-4H3;1H. The van der Waals surface area contributed by atoms with E-state index in [1.165, 1.54) is 20.7 Å². The third kappa shape index (κ3) is 6.71. The first-order valence-corrected chi connectivity index (χ1v) is 11.7. The second kappa shape index (κ2) is 11.7. The maximum Gasteiger partial charge on any atom is 0.228 e. The van der Waals surface area contributed by atoms with E-state index in [0.29, 0.717) is 13.0 Å². The van der Waals surface area contributed by atoms with E-state index < -0.39 is 0 Å². The monoisotopic (exact) mass is 463 g/mol. The minimum absolute atomic E-state index is 0. The number of anilines is 1. The summed E-state index contributed by atoms with van der Waals surface area (Å²) in [6.45, 7) is 5.68. The summed E-state index contributed by atoms with van der Waals surface area (Å²) in [5, 5.41) is 0.816. The van der Waals surface area contributed by atoms with E-state index in [1.54, 1.807) is 23.1 Å². The van der Waals surface area contributed by atoms with Crippen LogP contribution in [0.4, 0.5) is 5.13 Å². The molecule has 4 nitrogen and oxygen atoms in total. The first-order chi connectivity index (χ1) is 13.9. The number of thioether (sulfide) groups is 1. The molecular formula is C23H30ClN3OS2. The third-order valence-electron chi connectivity index (χ3n) is 4.66. The van der Waals surface area contributed by atoms with Gasteiger partial charge in [0.1, 0.15) is 0 Å². The molecule has 0 aliphatic carbocycles. The maximum absolute atomic E-state index is 13.1. The number of hydrogen-bond acceptors (Lipinski definition) is 5. The van der Waals surface area contributed by atoms with Gasteiger partial charge in [0.2, 0.25) is 5.91 Å². The molecule has 0 aliphatic heterocycles. The van der Waals surface area contributed by atoms with Crippen LogP contribution in [0.2, 0.25) is 0 Å². The Morgan fingerprint density at radius 3 is 2.53 bits per heavy atom. The van der Waals surface area contributed by atoms with Crippen LogP contribution < -0.4 is 4.90 Å². The molecule has 0 spiro atoms. The number of fused-ring (bicyclic) bond motifs is 1. The number of hydrogen-bond donors (Lipinski definition) is 0. The first kappa shape index (κ1) is 24.7. The van der Waals surface area contributed by atoms with Gasteiger partial charge in [-0.3, -0.25) is 9.69 Å². The first-order valence-electron chi connectivity index (χ1n) is 9.95. The normalized spacial score (nSPS) is 11.0. The number of carbonyl (C=O) groups is 1. The molecule has 0 saturated heterocycles. The van der Waals surface area contributed by atoms with Gasteiger partial charge in [0.05, 0.1) is 10.2 Å². The molecule has 3 aromatic rings. The number of likely N-dealkylation sites (N-methyl/N-ethyl adjacent to an activating group) is 1. The van der Waals surface area contributed by atoms with Crippen molar-refractivity contribution in [2.45, 2.75) is 31.6 Å². The van der Waals surface area contributed by atoms with Gasteiger partial charge >= 0.3 is 0 Å². The molecule has 0 saturated carbocycles. The van der Waals surface area contributed by atoms with E-state index in [0.717, 1.165) is 29.4 Å². The fourth-order valence-electron chi connectivity index (χ4n) is 3.17. The maximum atomic E-state index is 13.1. The van der Waals surface area contributed by atoms with Gasteiger partial charge in [-0.15, -0.1) is 24.2 Å². The number of aromatic nitrogens is 1. The number of amides is 1. The van der Waals surface area contributed by atoms with Crippen molar-refractivity contribution in [1.29, 1.82) is 0 Å². The Kier molecular flexibility index (Phi) is 9.62. The van der Waals surface area contributed by atoms with Crippen molar-refractivity contribution >= 4 is 56.8 Å². The van der Waals surface area contributed by atoms with E-state index in [4.69, 9.17) is 4.98 Å². The number of halogens is 1. The van der Waals surface area contributed by atoms with Crippen molar-refractivity contribution < 1.29 is 4.79 Å². The highest BCUT2D eigenvalue weighted by Gasteiger charge is 2.20. The Hall–Kier alpha value is -1.60.